The number of benzene rings is 2. The van der Waals surface area contributed by atoms with Crippen LogP contribution in [0.5, 0.6) is 0 Å². The van der Waals surface area contributed by atoms with Gasteiger partial charge in [-0.3, -0.25) is 0 Å². The van der Waals surface area contributed by atoms with Crippen LogP contribution in [0.25, 0.3) is 0 Å². The third-order valence-corrected chi connectivity index (χ3v) is 8.76. The van der Waals surface area contributed by atoms with Crippen molar-refractivity contribution >= 4 is 19.9 Å². The minimum atomic E-state index is -5.00. The molecule has 0 aromatic heterocycles. The molecule has 12 heteroatoms. The van der Waals surface area contributed by atoms with Gasteiger partial charge in [0.2, 0.25) is 19.9 Å². The maximum Gasteiger partial charge on any atom is 0.417 e. The number of β-amino-alcohol motifs (C(OH)–C–C–N with tert-alkyl or cyclic N) is 1. The van der Waals surface area contributed by atoms with E-state index < -0.39 is 53.0 Å². The van der Waals surface area contributed by atoms with Crippen molar-refractivity contribution in [1.82, 2.24) is 9.62 Å². The fourth-order valence-electron chi connectivity index (χ4n) is 3.90. The fraction of sp³-hybridized carbons (Fsp3) is 0.455. The highest BCUT2D eigenvalue weighted by molar-refractivity contribution is 7.91. The van der Waals surface area contributed by atoms with Crippen LogP contribution in [0.3, 0.4) is 0 Å². The molecule has 0 saturated carbocycles. The predicted molar refractivity (Wildman–Crippen MR) is 119 cm³/mol. The maximum absolute atomic E-state index is 13.6. The summed E-state index contributed by atoms with van der Waals surface area (Å²) in [5.74, 6) is 0. The van der Waals surface area contributed by atoms with Gasteiger partial charge in [-0.25, -0.2) is 21.6 Å². The molecule has 1 saturated heterocycles. The zero-order chi connectivity index (χ0) is 25.4. The van der Waals surface area contributed by atoms with Crippen LogP contribution in [-0.2, 0) is 26.0 Å². The van der Waals surface area contributed by atoms with Gasteiger partial charge in [-0.15, -0.1) is 0 Å². The maximum atomic E-state index is 13.6. The van der Waals surface area contributed by atoms with Crippen molar-refractivity contribution in [3.05, 3.63) is 54.1 Å². The van der Waals surface area contributed by atoms with E-state index in [0.29, 0.717) is 44.6 Å². The number of hydrogen-bond donors (Lipinski definition) is 2. The number of likely N-dealkylation sites (tertiary alicyclic amines) is 1. The number of halogens is 3. The van der Waals surface area contributed by atoms with Gasteiger partial charge < -0.3 is 10.0 Å². The number of nitrogens with zero attached hydrogens (tertiary/aromatic N) is 1. The molecule has 7 nitrogen and oxygen atoms in total. The number of aliphatic hydroxyl groups is 1. The van der Waals surface area contributed by atoms with Crippen molar-refractivity contribution in [1.29, 1.82) is 0 Å². The van der Waals surface area contributed by atoms with Crippen LogP contribution in [-0.4, -0.2) is 58.1 Å². The molecule has 1 aliphatic heterocycles. The summed E-state index contributed by atoms with van der Waals surface area (Å²) in [7, 11) is -8.93. The van der Waals surface area contributed by atoms with Crippen molar-refractivity contribution in [2.45, 2.75) is 59.2 Å². The van der Waals surface area contributed by atoms with Crippen LogP contribution >= 0.6 is 0 Å². The lowest BCUT2D eigenvalue weighted by molar-refractivity contribution is -0.139. The molecular weight excluding hydrogens is 493 g/mol. The van der Waals surface area contributed by atoms with E-state index in [1.807, 2.05) is 4.90 Å². The quantitative estimate of drug-likeness (QED) is 0.582. The molecule has 0 aliphatic carbocycles. The highest BCUT2D eigenvalue weighted by Crippen LogP contribution is 2.36. The average Bonchev–Trinajstić information content (AvgIpc) is 2.73. The van der Waals surface area contributed by atoms with Crippen LogP contribution in [0.15, 0.2) is 63.2 Å². The smallest absolute Gasteiger partial charge is 0.389 e. The first kappa shape index (κ1) is 26.6. The number of piperidine rings is 1. The largest absolute Gasteiger partial charge is 0.417 e. The van der Waals surface area contributed by atoms with E-state index in [1.165, 1.54) is 24.3 Å². The molecule has 0 amide bonds. The van der Waals surface area contributed by atoms with Crippen LogP contribution in [0.2, 0.25) is 0 Å². The van der Waals surface area contributed by atoms with E-state index in [4.69, 9.17) is 0 Å². The highest BCUT2D eigenvalue weighted by atomic mass is 32.2. The van der Waals surface area contributed by atoms with Gasteiger partial charge in [-0.1, -0.05) is 18.2 Å². The topological polar surface area (TPSA) is 104 Å². The number of rotatable bonds is 7. The van der Waals surface area contributed by atoms with Crippen molar-refractivity contribution < 1.29 is 35.1 Å². The van der Waals surface area contributed by atoms with Crippen LogP contribution in [0.4, 0.5) is 13.2 Å². The van der Waals surface area contributed by atoms with Gasteiger partial charge in [-0.2, -0.15) is 13.2 Å². The Morgan fingerprint density at radius 2 is 1.56 bits per heavy atom. The molecule has 2 aromatic carbocycles. The molecule has 0 atom stereocenters. The summed E-state index contributed by atoms with van der Waals surface area (Å²) in [4.78, 5) is 0.104. The molecule has 0 spiro atoms. The zero-order valence-electron chi connectivity index (χ0n) is 18.7. The van der Waals surface area contributed by atoms with Gasteiger partial charge in [0.25, 0.3) is 0 Å². The molecule has 188 valence electrons. The Morgan fingerprint density at radius 3 is 2.09 bits per heavy atom. The summed E-state index contributed by atoms with van der Waals surface area (Å²) in [5, 5.41) is 9.94. The standard InChI is InChI=1S/C22H27F3N2O5S2/c1-21(2,28)15-27-12-10-16(11-13-27)26-34(31,32)20-14-18(8-9-19(20)22(23,24)25)33(29,30)17-6-4-3-5-7-17/h3-9,14,16,26,28H,10-13,15H2,1-2H3. The molecule has 3 rings (SSSR count). The van der Waals surface area contributed by atoms with Crippen molar-refractivity contribution in [2.75, 3.05) is 19.6 Å². The first-order chi connectivity index (χ1) is 15.6. The van der Waals surface area contributed by atoms with Gasteiger partial charge in [-0.05, 0) is 70.1 Å². The zero-order valence-corrected chi connectivity index (χ0v) is 20.3. The van der Waals surface area contributed by atoms with Crippen molar-refractivity contribution in [3.8, 4) is 0 Å². The first-order valence-electron chi connectivity index (χ1n) is 10.6. The van der Waals surface area contributed by atoms with Crippen molar-refractivity contribution in [2.24, 2.45) is 0 Å². The number of alkyl halides is 3. The van der Waals surface area contributed by atoms with E-state index in [1.54, 1.807) is 19.9 Å². The summed E-state index contributed by atoms with van der Waals surface area (Å²) >= 11 is 0. The second-order valence-corrected chi connectivity index (χ2v) is 12.6. The van der Waals surface area contributed by atoms with Crippen LogP contribution in [0, 0.1) is 0 Å². The third kappa shape index (κ3) is 6.36. The Labute approximate surface area is 197 Å². The molecule has 0 unspecified atom stereocenters. The lowest BCUT2D eigenvalue weighted by Gasteiger charge is -2.35. The second-order valence-electron chi connectivity index (χ2n) is 8.96. The number of sulfone groups is 1. The van der Waals surface area contributed by atoms with E-state index in [9.17, 15) is 35.1 Å². The summed E-state index contributed by atoms with van der Waals surface area (Å²) in [6.07, 6.45) is -4.34. The predicted octanol–water partition coefficient (Wildman–Crippen LogP) is 3.05. The van der Waals surface area contributed by atoms with Crippen LogP contribution < -0.4 is 4.72 Å². The van der Waals surface area contributed by atoms with Crippen molar-refractivity contribution in [3.63, 3.8) is 0 Å². The molecule has 1 fully saturated rings. The summed E-state index contributed by atoms with van der Waals surface area (Å²) in [6, 6.07) is 8.24. The van der Waals surface area contributed by atoms with Gasteiger partial charge in [0.1, 0.15) is 0 Å². The molecule has 1 heterocycles. The molecule has 1 aliphatic rings. The van der Waals surface area contributed by atoms with Gasteiger partial charge in [0.15, 0.2) is 0 Å². The minimum Gasteiger partial charge on any atom is -0.389 e. The summed E-state index contributed by atoms with van der Waals surface area (Å²) < 4.78 is 95.1. The Hall–Kier alpha value is -1.99. The fourth-order valence-corrected chi connectivity index (χ4v) is 6.84. The molecule has 0 bridgehead atoms. The second kappa shape index (κ2) is 9.57. The average molecular weight is 521 g/mol. The van der Waals surface area contributed by atoms with Gasteiger partial charge in [0, 0.05) is 12.6 Å². The lowest BCUT2D eigenvalue weighted by atomic mass is 10.0. The summed E-state index contributed by atoms with van der Waals surface area (Å²) in [6.45, 7) is 4.58. The van der Waals surface area contributed by atoms with Gasteiger partial charge >= 0.3 is 6.18 Å². The number of hydrogen-bond acceptors (Lipinski definition) is 6. The number of nitrogens with one attached hydrogen (secondary N) is 1. The van der Waals surface area contributed by atoms with Gasteiger partial charge in [0.05, 0.1) is 25.9 Å². The monoisotopic (exact) mass is 520 g/mol. The summed E-state index contributed by atoms with van der Waals surface area (Å²) in [5.41, 5.74) is -2.37. The molecule has 0 radical (unpaired) electrons. The normalized spacial score (nSPS) is 17.1. The SMILES string of the molecule is CC(C)(O)CN1CCC(NS(=O)(=O)c2cc(S(=O)(=O)c3ccccc3)ccc2C(F)(F)F)CC1. The first-order valence-corrected chi connectivity index (χ1v) is 13.5. The molecular formula is C22H27F3N2O5S2. The Kier molecular flexibility index (Phi) is 7.49. The highest BCUT2D eigenvalue weighted by Gasteiger charge is 2.39. The molecule has 34 heavy (non-hydrogen) atoms. The molecule has 2 N–H and O–H groups in total. The van der Waals surface area contributed by atoms with E-state index >= 15 is 0 Å². The Morgan fingerprint density at radius 1 is 0.971 bits per heavy atom. The molecule has 2 aromatic rings. The van der Waals surface area contributed by atoms with E-state index in [-0.39, 0.29) is 4.90 Å². The minimum absolute atomic E-state index is 0.162. The Bertz CT molecular complexity index is 1220. The lowest BCUT2D eigenvalue weighted by Crippen LogP contribution is -2.48. The van der Waals surface area contributed by atoms with E-state index in [0.717, 1.165) is 6.07 Å². The third-order valence-electron chi connectivity index (χ3n) is 5.43. The van der Waals surface area contributed by atoms with Crippen LogP contribution in [0.1, 0.15) is 32.3 Å². The van der Waals surface area contributed by atoms with E-state index in [2.05, 4.69) is 4.72 Å². The Balaban J connectivity index is 1.92. The number of sulfonamides is 1.